The molecule has 1 amide bonds. The molecule has 2 fully saturated rings. The van der Waals surface area contributed by atoms with E-state index in [9.17, 15) is 4.79 Å². The summed E-state index contributed by atoms with van der Waals surface area (Å²) in [6.45, 7) is 4.32. The Labute approximate surface area is 120 Å². The summed E-state index contributed by atoms with van der Waals surface area (Å²) in [7, 11) is 0. The highest BCUT2D eigenvalue weighted by Crippen LogP contribution is 2.30. The van der Waals surface area contributed by atoms with Gasteiger partial charge in [0.1, 0.15) is 12.7 Å². The first-order chi connectivity index (χ1) is 9.79. The Kier molecular flexibility index (Phi) is 6.56. The fourth-order valence-corrected chi connectivity index (χ4v) is 2.95. The van der Waals surface area contributed by atoms with Gasteiger partial charge in [0.25, 0.3) is 0 Å². The van der Waals surface area contributed by atoms with Crippen LogP contribution in [0.2, 0.25) is 0 Å². The zero-order valence-corrected chi connectivity index (χ0v) is 12.2. The second kappa shape index (κ2) is 8.44. The molecule has 2 rings (SSSR count). The lowest BCUT2D eigenvalue weighted by Gasteiger charge is -2.23. The van der Waals surface area contributed by atoms with Crippen LogP contribution in [-0.2, 0) is 14.3 Å². The van der Waals surface area contributed by atoms with Crippen molar-refractivity contribution in [1.29, 1.82) is 0 Å². The molecule has 2 N–H and O–H groups in total. The Morgan fingerprint density at radius 2 is 2.25 bits per heavy atom. The summed E-state index contributed by atoms with van der Waals surface area (Å²) in [5, 5.41) is 2.80. The third kappa shape index (κ3) is 4.92. The van der Waals surface area contributed by atoms with E-state index in [4.69, 9.17) is 14.3 Å². The van der Waals surface area contributed by atoms with Gasteiger partial charge in [0, 0.05) is 13.2 Å². The molecule has 6 heteroatoms. The van der Waals surface area contributed by atoms with Gasteiger partial charge in [-0.1, -0.05) is 12.8 Å². The van der Waals surface area contributed by atoms with Gasteiger partial charge in [-0.05, 0) is 32.1 Å². The molecule has 2 aliphatic rings. The van der Waals surface area contributed by atoms with E-state index in [2.05, 4.69) is 10.8 Å². The average Bonchev–Trinajstić information content (AvgIpc) is 3.10. The van der Waals surface area contributed by atoms with Gasteiger partial charge in [0.2, 0.25) is 0 Å². The number of amides is 1. The first kappa shape index (κ1) is 15.5. The fourth-order valence-electron chi connectivity index (χ4n) is 2.95. The predicted octanol–water partition coefficient (Wildman–Crippen LogP) is 1.60. The molecule has 1 aliphatic heterocycles. The van der Waals surface area contributed by atoms with Gasteiger partial charge in [-0.25, -0.2) is 4.79 Å². The topological polar surface area (TPSA) is 68.8 Å². The smallest absolute Gasteiger partial charge is 0.407 e. The summed E-state index contributed by atoms with van der Waals surface area (Å²) >= 11 is 0. The Balaban J connectivity index is 1.62. The van der Waals surface area contributed by atoms with Crippen LogP contribution in [0.4, 0.5) is 4.79 Å². The van der Waals surface area contributed by atoms with Crippen molar-refractivity contribution in [3.8, 4) is 0 Å². The molecule has 0 aromatic carbocycles. The average molecular weight is 286 g/mol. The van der Waals surface area contributed by atoms with E-state index in [1.165, 1.54) is 25.7 Å². The lowest BCUT2D eigenvalue weighted by Crippen LogP contribution is -2.34. The Morgan fingerprint density at radius 3 is 2.90 bits per heavy atom. The van der Waals surface area contributed by atoms with Crippen LogP contribution in [0.3, 0.4) is 0 Å². The van der Waals surface area contributed by atoms with Crippen LogP contribution >= 0.6 is 0 Å². The molecule has 6 nitrogen and oxygen atoms in total. The van der Waals surface area contributed by atoms with E-state index in [1.54, 1.807) is 0 Å². The molecule has 0 radical (unpaired) electrons. The molecule has 116 valence electrons. The minimum absolute atomic E-state index is 0.187. The fraction of sp³-hybridized carbons (Fsp3) is 0.929. The van der Waals surface area contributed by atoms with E-state index in [0.29, 0.717) is 25.6 Å². The van der Waals surface area contributed by atoms with Crippen molar-refractivity contribution in [2.45, 2.75) is 51.2 Å². The summed E-state index contributed by atoms with van der Waals surface area (Å²) in [5.74, 6) is 0.653. The van der Waals surface area contributed by atoms with Crippen LogP contribution in [0.5, 0.6) is 0 Å². The van der Waals surface area contributed by atoms with Gasteiger partial charge in [0.05, 0.1) is 12.6 Å². The summed E-state index contributed by atoms with van der Waals surface area (Å²) in [5.41, 5.74) is 2.68. The van der Waals surface area contributed by atoms with Crippen LogP contribution in [-0.4, -0.2) is 44.6 Å². The van der Waals surface area contributed by atoms with Crippen molar-refractivity contribution in [1.82, 2.24) is 10.8 Å². The van der Waals surface area contributed by atoms with Gasteiger partial charge < -0.3 is 14.8 Å². The van der Waals surface area contributed by atoms with Crippen LogP contribution in [0.15, 0.2) is 0 Å². The normalized spacial score (nSPS) is 24.8. The number of hydrogen-bond donors (Lipinski definition) is 2. The molecule has 2 atom stereocenters. The third-order valence-electron chi connectivity index (χ3n) is 3.96. The molecule has 0 aromatic heterocycles. The number of carbonyl (C=O) groups is 1. The van der Waals surface area contributed by atoms with Crippen LogP contribution < -0.4 is 10.8 Å². The monoisotopic (exact) mass is 286 g/mol. The van der Waals surface area contributed by atoms with Gasteiger partial charge in [0.15, 0.2) is 0 Å². The number of hydrogen-bond acceptors (Lipinski definition) is 5. The summed E-state index contributed by atoms with van der Waals surface area (Å²) < 4.78 is 11.0. The first-order valence-electron chi connectivity index (χ1n) is 7.70. The Morgan fingerprint density at radius 1 is 1.45 bits per heavy atom. The predicted molar refractivity (Wildman–Crippen MR) is 74.2 cm³/mol. The number of rotatable bonds is 7. The van der Waals surface area contributed by atoms with E-state index in [0.717, 1.165) is 13.0 Å². The summed E-state index contributed by atoms with van der Waals surface area (Å²) in [4.78, 5) is 16.5. The van der Waals surface area contributed by atoms with Crippen molar-refractivity contribution in [3.05, 3.63) is 0 Å². The molecule has 20 heavy (non-hydrogen) atoms. The second-order valence-electron chi connectivity index (χ2n) is 5.44. The standard InChI is InChI=1S/C14H26N2O4/c1-2-18-13(11-5-3-4-6-11)7-8-15-14(17)20-12-9-16-19-10-12/h11-13,16H,2-10H2,1H3,(H,15,17)/t12-,13?/m0/s1. The maximum Gasteiger partial charge on any atom is 0.407 e. The molecule has 1 unspecified atom stereocenters. The number of alkyl carbamates (subject to hydrolysis) is 1. The molecular weight excluding hydrogens is 260 g/mol. The van der Waals surface area contributed by atoms with Gasteiger partial charge in [-0.2, -0.15) is 5.48 Å². The van der Waals surface area contributed by atoms with Gasteiger partial charge in [-0.3, -0.25) is 4.84 Å². The number of ether oxygens (including phenoxy) is 2. The summed E-state index contributed by atoms with van der Waals surface area (Å²) in [6.07, 6.45) is 5.67. The lowest BCUT2D eigenvalue weighted by molar-refractivity contribution is 0.0157. The van der Waals surface area contributed by atoms with Crippen molar-refractivity contribution < 1.29 is 19.1 Å². The van der Waals surface area contributed by atoms with Crippen LogP contribution in [0.25, 0.3) is 0 Å². The maximum absolute atomic E-state index is 11.6. The minimum atomic E-state index is -0.371. The highest BCUT2D eigenvalue weighted by molar-refractivity contribution is 5.67. The van der Waals surface area contributed by atoms with Crippen molar-refractivity contribution in [3.63, 3.8) is 0 Å². The highest BCUT2D eigenvalue weighted by Gasteiger charge is 2.25. The quantitative estimate of drug-likeness (QED) is 0.744. The summed E-state index contributed by atoms with van der Waals surface area (Å²) in [6, 6.07) is 0. The third-order valence-corrected chi connectivity index (χ3v) is 3.96. The van der Waals surface area contributed by atoms with Crippen molar-refractivity contribution in [2.75, 3.05) is 26.3 Å². The van der Waals surface area contributed by atoms with Gasteiger partial charge >= 0.3 is 6.09 Å². The minimum Gasteiger partial charge on any atom is -0.442 e. The SMILES string of the molecule is CCOC(CCNC(=O)O[C@H]1CNOC1)C1CCCC1. The van der Waals surface area contributed by atoms with Crippen molar-refractivity contribution in [2.24, 2.45) is 5.92 Å². The number of hydroxylamine groups is 1. The van der Waals surface area contributed by atoms with E-state index < -0.39 is 0 Å². The molecule has 0 aromatic rings. The molecule has 0 spiro atoms. The Hall–Kier alpha value is -0.850. The number of carbonyl (C=O) groups excluding carboxylic acids is 1. The van der Waals surface area contributed by atoms with Crippen molar-refractivity contribution >= 4 is 6.09 Å². The zero-order valence-electron chi connectivity index (χ0n) is 12.2. The zero-order chi connectivity index (χ0) is 14.2. The lowest BCUT2D eigenvalue weighted by atomic mass is 9.98. The van der Waals surface area contributed by atoms with Crippen LogP contribution in [0, 0.1) is 5.92 Å². The molecule has 1 heterocycles. The number of nitrogens with one attached hydrogen (secondary N) is 2. The molecular formula is C14H26N2O4. The molecule has 0 bridgehead atoms. The largest absolute Gasteiger partial charge is 0.442 e. The van der Waals surface area contributed by atoms with E-state index in [-0.39, 0.29) is 18.3 Å². The Bertz CT molecular complexity index is 289. The first-order valence-corrected chi connectivity index (χ1v) is 7.70. The van der Waals surface area contributed by atoms with E-state index >= 15 is 0 Å². The highest BCUT2D eigenvalue weighted by atomic mass is 16.7. The maximum atomic E-state index is 11.6. The van der Waals surface area contributed by atoms with Crippen LogP contribution in [0.1, 0.15) is 39.0 Å². The molecule has 1 aliphatic carbocycles. The molecule has 1 saturated carbocycles. The van der Waals surface area contributed by atoms with Gasteiger partial charge in [-0.15, -0.1) is 0 Å². The second-order valence-corrected chi connectivity index (χ2v) is 5.44. The van der Waals surface area contributed by atoms with E-state index in [1.807, 2.05) is 6.92 Å². The molecule has 1 saturated heterocycles.